The minimum atomic E-state index is -0.438. The maximum absolute atomic E-state index is 11.1. The second-order valence-corrected chi connectivity index (χ2v) is 5.50. The molecule has 0 saturated heterocycles. The van der Waals surface area contributed by atoms with Crippen LogP contribution in [0.1, 0.15) is 45.4 Å². The maximum Gasteiger partial charge on any atom is 0.329 e. The van der Waals surface area contributed by atoms with Crippen LogP contribution in [0.3, 0.4) is 0 Å². The molecule has 2 rings (SSSR count). The van der Waals surface area contributed by atoms with Gasteiger partial charge in [0, 0.05) is 13.1 Å². The maximum atomic E-state index is 11.1. The van der Waals surface area contributed by atoms with Gasteiger partial charge in [-0.25, -0.2) is 4.98 Å². The first-order chi connectivity index (χ1) is 10.2. The summed E-state index contributed by atoms with van der Waals surface area (Å²) in [7, 11) is 0. The van der Waals surface area contributed by atoms with Crippen molar-refractivity contribution >= 4 is 17.5 Å². The second kappa shape index (κ2) is 7.75. The van der Waals surface area contributed by atoms with Crippen molar-refractivity contribution in [2.75, 3.05) is 23.7 Å². The molecule has 1 saturated carbocycles. The van der Waals surface area contributed by atoms with Gasteiger partial charge in [-0.3, -0.25) is 10.1 Å². The van der Waals surface area contributed by atoms with E-state index >= 15 is 0 Å². The summed E-state index contributed by atoms with van der Waals surface area (Å²) < 4.78 is 0. The highest BCUT2D eigenvalue weighted by Gasteiger charge is 2.19. The summed E-state index contributed by atoms with van der Waals surface area (Å²) in [6.45, 7) is 3.53. The predicted molar refractivity (Wildman–Crippen MR) is 82.5 cm³/mol. The molecule has 0 spiro atoms. The third-order valence-electron chi connectivity index (χ3n) is 3.78. The summed E-state index contributed by atoms with van der Waals surface area (Å²) in [6, 6.07) is 0. The first-order valence-electron chi connectivity index (χ1n) is 7.70. The number of aromatic nitrogens is 2. The molecule has 0 unspecified atom stereocenters. The van der Waals surface area contributed by atoms with E-state index < -0.39 is 4.92 Å². The Hall–Kier alpha value is -1.92. The van der Waals surface area contributed by atoms with Gasteiger partial charge in [-0.1, -0.05) is 26.2 Å². The number of nitrogens with zero attached hydrogens (tertiary/aromatic N) is 3. The molecule has 0 radical (unpaired) electrons. The van der Waals surface area contributed by atoms with Crippen LogP contribution in [0.5, 0.6) is 0 Å². The lowest BCUT2D eigenvalue weighted by Crippen LogP contribution is -2.19. The quantitative estimate of drug-likeness (QED) is 0.592. The SMILES string of the molecule is CCCNc1ncc([N+](=O)[O-])c(NCC2CCCCC2)n1. The van der Waals surface area contributed by atoms with Gasteiger partial charge in [0.05, 0.1) is 4.92 Å². The molecule has 1 heterocycles. The third-order valence-corrected chi connectivity index (χ3v) is 3.78. The Morgan fingerprint density at radius 3 is 2.76 bits per heavy atom. The molecule has 1 aliphatic carbocycles. The Morgan fingerprint density at radius 2 is 2.10 bits per heavy atom. The van der Waals surface area contributed by atoms with E-state index in [1.165, 1.54) is 38.3 Å². The van der Waals surface area contributed by atoms with E-state index in [0.717, 1.165) is 19.5 Å². The van der Waals surface area contributed by atoms with E-state index in [-0.39, 0.29) is 5.69 Å². The van der Waals surface area contributed by atoms with E-state index in [2.05, 4.69) is 20.6 Å². The molecule has 116 valence electrons. The minimum Gasteiger partial charge on any atom is -0.364 e. The van der Waals surface area contributed by atoms with Gasteiger partial charge in [0.25, 0.3) is 0 Å². The van der Waals surface area contributed by atoms with Gasteiger partial charge < -0.3 is 10.6 Å². The van der Waals surface area contributed by atoms with Gasteiger partial charge in [0.15, 0.2) is 0 Å². The molecular formula is C14H23N5O2. The highest BCUT2D eigenvalue weighted by Crippen LogP contribution is 2.26. The van der Waals surface area contributed by atoms with E-state index in [9.17, 15) is 10.1 Å². The molecular weight excluding hydrogens is 270 g/mol. The molecule has 0 amide bonds. The van der Waals surface area contributed by atoms with Crippen molar-refractivity contribution in [2.24, 2.45) is 5.92 Å². The van der Waals surface area contributed by atoms with Gasteiger partial charge in [-0.15, -0.1) is 0 Å². The van der Waals surface area contributed by atoms with Crippen LogP contribution in [0.4, 0.5) is 17.5 Å². The minimum absolute atomic E-state index is 0.0622. The van der Waals surface area contributed by atoms with E-state index in [0.29, 0.717) is 17.7 Å². The molecule has 1 aromatic rings. The molecule has 7 nitrogen and oxygen atoms in total. The average Bonchev–Trinajstić information content (AvgIpc) is 2.51. The molecule has 0 bridgehead atoms. The summed E-state index contributed by atoms with van der Waals surface area (Å²) >= 11 is 0. The van der Waals surface area contributed by atoms with Gasteiger partial charge >= 0.3 is 5.69 Å². The van der Waals surface area contributed by atoms with Crippen LogP contribution in [0.2, 0.25) is 0 Å². The fraction of sp³-hybridized carbons (Fsp3) is 0.714. The highest BCUT2D eigenvalue weighted by molar-refractivity contribution is 5.56. The lowest BCUT2D eigenvalue weighted by Gasteiger charge is -2.21. The third kappa shape index (κ3) is 4.54. The van der Waals surface area contributed by atoms with E-state index in [1.54, 1.807) is 0 Å². The van der Waals surface area contributed by atoms with Crippen molar-refractivity contribution in [1.29, 1.82) is 0 Å². The Balaban J connectivity index is 2.04. The Labute approximate surface area is 124 Å². The van der Waals surface area contributed by atoms with Crippen LogP contribution >= 0.6 is 0 Å². The van der Waals surface area contributed by atoms with Gasteiger partial charge in [0.1, 0.15) is 6.20 Å². The molecule has 1 aromatic heterocycles. The molecule has 1 aliphatic rings. The van der Waals surface area contributed by atoms with Gasteiger partial charge in [-0.2, -0.15) is 4.98 Å². The van der Waals surface area contributed by atoms with Crippen molar-refractivity contribution in [3.05, 3.63) is 16.3 Å². The van der Waals surface area contributed by atoms with Crippen molar-refractivity contribution in [1.82, 2.24) is 9.97 Å². The van der Waals surface area contributed by atoms with Crippen molar-refractivity contribution in [3.8, 4) is 0 Å². The Morgan fingerprint density at radius 1 is 1.33 bits per heavy atom. The Bertz CT molecular complexity index is 474. The first-order valence-corrected chi connectivity index (χ1v) is 7.70. The summed E-state index contributed by atoms with van der Waals surface area (Å²) in [5, 5.41) is 17.3. The molecule has 0 atom stereocenters. The zero-order chi connectivity index (χ0) is 15.1. The summed E-state index contributed by atoms with van der Waals surface area (Å²) in [5.41, 5.74) is -0.0622. The molecule has 1 fully saturated rings. The number of anilines is 2. The zero-order valence-electron chi connectivity index (χ0n) is 12.5. The first kappa shape index (κ1) is 15.5. The summed E-state index contributed by atoms with van der Waals surface area (Å²) in [4.78, 5) is 18.9. The van der Waals surface area contributed by atoms with Crippen LogP contribution in [-0.4, -0.2) is 28.0 Å². The smallest absolute Gasteiger partial charge is 0.329 e. The normalized spacial score (nSPS) is 15.7. The summed E-state index contributed by atoms with van der Waals surface area (Å²) in [6.07, 6.45) is 8.40. The van der Waals surface area contributed by atoms with E-state index in [4.69, 9.17) is 0 Å². The van der Waals surface area contributed by atoms with Crippen molar-refractivity contribution in [2.45, 2.75) is 45.4 Å². The predicted octanol–water partition coefficient (Wildman–Crippen LogP) is 3.20. The lowest BCUT2D eigenvalue weighted by molar-refractivity contribution is -0.384. The fourth-order valence-electron chi connectivity index (χ4n) is 2.59. The average molecular weight is 293 g/mol. The number of nitrogens with one attached hydrogen (secondary N) is 2. The van der Waals surface area contributed by atoms with Gasteiger partial charge in [-0.05, 0) is 25.2 Å². The van der Waals surface area contributed by atoms with E-state index in [1.807, 2.05) is 6.92 Å². The van der Waals surface area contributed by atoms with Crippen LogP contribution in [-0.2, 0) is 0 Å². The number of rotatable bonds is 7. The molecule has 0 aromatic carbocycles. The Kier molecular flexibility index (Phi) is 5.71. The zero-order valence-corrected chi connectivity index (χ0v) is 12.5. The van der Waals surface area contributed by atoms with Crippen LogP contribution < -0.4 is 10.6 Å². The number of hydrogen-bond acceptors (Lipinski definition) is 6. The summed E-state index contributed by atoms with van der Waals surface area (Å²) in [5.74, 6) is 1.34. The van der Waals surface area contributed by atoms with Crippen molar-refractivity contribution in [3.63, 3.8) is 0 Å². The fourth-order valence-corrected chi connectivity index (χ4v) is 2.59. The molecule has 2 N–H and O–H groups in total. The van der Waals surface area contributed by atoms with Crippen LogP contribution in [0.15, 0.2) is 6.20 Å². The number of hydrogen-bond donors (Lipinski definition) is 2. The monoisotopic (exact) mass is 293 g/mol. The highest BCUT2D eigenvalue weighted by atomic mass is 16.6. The lowest BCUT2D eigenvalue weighted by atomic mass is 9.89. The largest absolute Gasteiger partial charge is 0.364 e. The molecule has 0 aliphatic heterocycles. The second-order valence-electron chi connectivity index (χ2n) is 5.50. The molecule has 21 heavy (non-hydrogen) atoms. The molecule has 7 heteroatoms. The standard InChI is InChI=1S/C14H23N5O2/c1-2-8-15-14-17-10-12(19(20)21)13(18-14)16-9-11-6-4-3-5-7-11/h10-11H,2-9H2,1H3,(H2,15,16,17,18). The van der Waals surface area contributed by atoms with Gasteiger partial charge in [0.2, 0.25) is 11.8 Å². The van der Waals surface area contributed by atoms with Crippen molar-refractivity contribution < 1.29 is 4.92 Å². The topological polar surface area (TPSA) is 93.0 Å². The van der Waals surface area contributed by atoms with Crippen LogP contribution in [0.25, 0.3) is 0 Å². The van der Waals surface area contributed by atoms with Crippen LogP contribution in [0, 0.1) is 16.0 Å². The number of nitro groups is 1.